The Labute approximate surface area is 176 Å². The molecule has 29 heavy (non-hydrogen) atoms. The van der Waals surface area contributed by atoms with E-state index in [0.29, 0.717) is 30.4 Å². The average molecular weight is 411 g/mol. The third-order valence-corrected chi connectivity index (χ3v) is 4.49. The Bertz CT molecular complexity index is 892. The number of carbonyl (C=O) groups excluding carboxylic acids is 1. The molecule has 0 saturated carbocycles. The first-order valence-corrected chi connectivity index (χ1v) is 9.86. The molecule has 0 fully saturated rings. The first-order chi connectivity index (χ1) is 14.1. The predicted molar refractivity (Wildman–Crippen MR) is 113 cm³/mol. The molecule has 0 heterocycles. The SMILES string of the molecule is CCOC(=O)C(Cc1ccc(OCc2ccccc2)cc1)Oc1ccc(Cl)cc1. The largest absolute Gasteiger partial charge is 0.489 e. The van der Waals surface area contributed by atoms with Crippen LogP contribution in [0.4, 0.5) is 0 Å². The zero-order chi connectivity index (χ0) is 20.5. The molecular formula is C24H23ClO4. The van der Waals surface area contributed by atoms with Gasteiger partial charge in [-0.15, -0.1) is 0 Å². The Morgan fingerprint density at radius 1 is 0.862 bits per heavy atom. The van der Waals surface area contributed by atoms with Gasteiger partial charge in [-0.05, 0) is 54.4 Å². The zero-order valence-corrected chi connectivity index (χ0v) is 17.0. The zero-order valence-electron chi connectivity index (χ0n) is 16.2. The molecule has 1 atom stereocenters. The highest BCUT2D eigenvalue weighted by molar-refractivity contribution is 6.30. The van der Waals surface area contributed by atoms with Gasteiger partial charge in [0.2, 0.25) is 0 Å². The highest BCUT2D eigenvalue weighted by Gasteiger charge is 2.22. The molecular weight excluding hydrogens is 388 g/mol. The molecule has 1 unspecified atom stereocenters. The first kappa shape index (κ1) is 20.7. The van der Waals surface area contributed by atoms with Crippen LogP contribution in [0, 0.1) is 0 Å². The Hall–Kier alpha value is -2.98. The van der Waals surface area contributed by atoms with Crippen LogP contribution in [0.15, 0.2) is 78.9 Å². The summed E-state index contributed by atoms with van der Waals surface area (Å²) in [6.07, 6.45) is -0.354. The van der Waals surface area contributed by atoms with Gasteiger partial charge in [0.15, 0.2) is 6.10 Å². The quantitative estimate of drug-likeness (QED) is 0.438. The predicted octanol–water partition coefficient (Wildman–Crippen LogP) is 5.47. The number of rotatable bonds is 9. The van der Waals surface area contributed by atoms with Crippen LogP contribution in [0.2, 0.25) is 5.02 Å². The maximum Gasteiger partial charge on any atom is 0.347 e. The van der Waals surface area contributed by atoms with Gasteiger partial charge >= 0.3 is 5.97 Å². The lowest BCUT2D eigenvalue weighted by Gasteiger charge is -2.18. The summed E-state index contributed by atoms with van der Waals surface area (Å²) in [4.78, 5) is 12.3. The number of ether oxygens (including phenoxy) is 3. The summed E-state index contributed by atoms with van der Waals surface area (Å²) in [7, 11) is 0. The molecule has 0 spiro atoms. The Morgan fingerprint density at radius 3 is 2.17 bits per heavy atom. The third kappa shape index (κ3) is 6.54. The number of hydrogen-bond acceptors (Lipinski definition) is 4. The van der Waals surface area contributed by atoms with Crippen LogP contribution in [0.5, 0.6) is 11.5 Å². The molecule has 0 aliphatic rings. The minimum Gasteiger partial charge on any atom is -0.489 e. The van der Waals surface area contributed by atoms with Gasteiger partial charge in [-0.3, -0.25) is 0 Å². The van der Waals surface area contributed by atoms with E-state index in [9.17, 15) is 4.79 Å². The molecule has 0 amide bonds. The molecule has 5 heteroatoms. The van der Waals surface area contributed by atoms with Gasteiger partial charge in [-0.1, -0.05) is 54.1 Å². The van der Waals surface area contributed by atoms with E-state index in [1.165, 1.54) is 0 Å². The number of halogens is 1. The van der Waals surface area contributed by atoms with E-state index in [1.54, 1.807) is 31.2 Å². The first-order valence-electron chi connectivity index (χ1n) is 9.48. The van der Waals surface area contributed by atoms with Gasteiger partial charge in [0.05, 0.1) is 6.61 Å². The third-order valence-electron chi connectivity index (χ3n) is 4.23. The molecule has 3 rings (SSSR count). The lowest BCUT2D eigenvalue weighted by atomic mass is 10.1. The second kappa shape index (κ2) is 10.5. The van der Waals surface area contributed by atoms with Crippen molar-refractivity contribution in [2.75, 3.05) is 6.61 Å². The summed E-state index contributed by atoms with van der Waals surface area (Å²) in [5.41, 5.74) is 2.05. The summed E-state index contributed by atoms with van der Waals surface area (Å²) in [6, 6.07) is 24.5. The van der Waals surface area contributed by atoms with Gasteiger partial charge < -0.3 is 14.2 Å². The van der Waals surface area contributed by atoms with Crippen molar-refractivity contribution in [2.45, 2.75) is 26.1 Å². The summed E-state index contributed by atoms with van der Waals surface area (Å²) in [5.74, 6) is 0.936. The molecule has 150 valence electrons. The fraction of sp³-hybridized carbons (Fsp3) is 0.208. The molecule has 3 aromatic carbocycles. The number of hydrogen-bond donors (Lipinski definition) is 0. The maximum atomic E-state index is 12.3. The van der Waals surface area contributed by atoms with E-state index >= 15 is 0 Å². The summed E-state index contributed by atoms with van der Waals surface area (Å²) in [5, 5.41) is 0.608. The maximum absolute atomic E-state index is 12.3. The smallest absolute Gasteiger partial charge is 0.347 e. The molecule has 0 radical (unpaired) electrons. The Kier molecular flexibility index (Phi) is 7.54. The molecule has 0 aliphatic carbocycles. The van der Waals surface area contributed by atoms with Crippen molar-refractivity contribution in [3.05, 3.63) is 95.0 Å². The van der Waals surface area contributed by atoms with Gasteiger partial charge in [-0.25, -0.2) is 4.79 Å². The van der Waals surface area contributed by atoms with E-state index in [4.69, 9.17) is 25.8 Å². The van der Waals surface area contributed by atoms with Gasteiger partial charge in [0.25, 0.3) is 0 Å². The molecule has 3 aromatic rings. The van der Waals surface area contributed by atoms with E-state index in [2.05, 4.69) is 0 Å². The lowest BCUT2D eigenvalue weighted by molar-refractivity contribution is -0.151. The van der Waals surface area contributed by atoms with Gasteiger partial charge in [-0.2, -0.15) is 0 Å². The molecule has 0 aromatic heterocycles. The van der Waals surface area contributed by atoms with E-state index in [0.717, 1.165) is 16.9 Å². The van der Waals surface area contributed by atoms with Crippen molar-refractivity contribution in [1.82, 2.24) is 0 Å². The van der Waals surface area contributed by atoms with Crippen LogP contribution in [0.25, 0.3) is 0 Å². The van der Waals surface area contributed by atoms with Crippen LogP contribution in [-0.2, 0) is 22.6 Å². The van der Waals surface area contributed by atoms with Crippen molar-refractivity contribution in [3.8, 4) is 11.5 Å². The van der Waals surface area contributed by atoms with Crippen LogP contribution in [-0.4, -0.2) is 18.7 Å². The standard InChI is InChI=1S/C24H23ClO4/c1-2-27-24(26)23(29-22-14-10-20(25)11-15-22)16-18-8-12-21(13-9-18)28-17-19-6-4-3-5-7-19/h3-15,23H,2,16-17H2,1H3. The highest BCUT2D eigenvalue weighted by Crippen LogP contribution is 2.20. The summed E-state index contributed by atoms with van der Waals surface area (Å²) in [6.45, 7) is 2.58. The van der Waals surface area contributed by atoms with Gasteiger partial charge in [0, 0.05) is 11.4 Å². The lowest BCUT2D eigenvalue weighted by Crippen LogP contribution is -2.31. The Balaban J connectivity index is 1.63. The van der Waals surface area contributed by atoms with E-state index < -0.39 is 12.1 Å². The second-order valence-electron chi connectivity index (χ2n) is 6.43. The summed E-state index contributed by atoms with van der Waals surface area (Å²) >= 11 is 5.91. The Morgan fingerprint density at radius 2 is 1.52 bits per heavy atom. The van der Waals surface area contributed by atoms with Crippen LogP contribution in [0.3, 0.4) is 0 Å². The van der Waals surface area contributed by atoms with Crippen molar-refractivity contribution < 1.29 is 19.0 Å². The van der Waals surface area contributed by atoms with E-state index in [-0.39, 0.29) is 0 Å². The average Bonchev–Trinajstić information content (AvgIpc) is 2.75. The topological polar surface area (TPSA) is 44.8 Å². The van der Waals surface area contributed by atoms with Crippen LogP contribution in [0.1, 0.15) is 18.1 Å². The van der Waals surface area contributed by atoms with Crippen LogP contribution < -0.4 is 9.47 Å². The van der Waals surface area contributed by atoms with Crippen molar-refractivity contribution in [2.24, 2.45) is 0 Å². The normalized spacial score (nSPS) is 11.5. The van der Waals surface area contributed by atoms with Crippen molar-refractivity contribution >= 4 is 17.6 Å². The molecule has 0 saturated heterocycles. The molecule has 0 N–H and O–H groups in total. The number of carbonyl (C=O) groups is 1. The fourth-order valence-electron chi connectivity index (χ4n) is 2.76. The van der Waals surface area contributed by atoms with Crippen molar-refractivity contribution in [3.63, 3.8) is 0 Å². The number of benzene rings is 3. The van der Waals surface area contributed by atoms with Crippen LogP contribution >= 0.6 is 11.6 Å². The minimum atomic E-state index is -0.743. The highest BCUT2D eigenvalue weighted by atomic mass is 35.5. The fourth-order valence-corrected chi connectivity index (χ4v) is 2.89. The van der Waals surface area contributed by atoms with Crippen molar-refractivity contribution in [1.29, 1.82) is 0 Å². The molecule has 0 bridgehead atoms. The summed E-state index contributed by atoms with van der Waals surface area (Å²) < 4.78 is 16.8. The number of esters is 1. The minimum absolute atomic E-state index is 0.297. The molecule has 0 aliphatic heterocycles. The molecule has 4 nitrogen and oxygen atoms in total. The van der Waals surface area contributed by atoms with E-state index in [1.807, 2.05) is 54.6 Å². The van der Waals surface area contributed by atoms with Gasteiger partial charge in [0.1, 0.15) is 18.1 Å². The second-order valence-corrected chi connectivity index (χ2v) is 6.87. The monoisotopic (exact) mass is 410 g/mol.